The molecule has 0 aliphatic rings. The molecule has 4 N–H and O–H groups in total. The van der Waals surface area contributed by atoms with E-state index in [-0.39, 0.29) is 39.5 Å². The number of hydrogen-bond donors (Lipinski definition) is 3. The van der Waals surface area contributed by atoms with Gasteiger partial charge >= 0.3 is 21.9 Å². The maximum absolute atomic E-state index is 13.3. The van der Waals surface area contributed by atoms with E-state index in [9.17, 15) is 22.3 Å². The number of nitrogens with zero attached hydrogens (tertiary/aromatic N) is 7. The molecule has 0 spiro atoms. The molecule has 0 radical (unpaired) electrons. The Kier molecular flexibility index (Phi) is 13.4. The van der Waals surface area contributed by atoms with Crippen molar-refractivity contribution in [3.8, 4) is 34.3 Å². The fraction of sp³-hybridized carbons (Fsp3) is 0.0698. The Morgan fingerprint density at radius 1 is 0.800 bits per heavy atom. The van der Waals surface area contributed by atoms with Crippen molar-refractivity contribution in [1.29, 1.82) is 0 Å². The van der Waals surface area contributed by atoms with Crippen LogP contribution in [0.4, 0.5) is 34.1 Å². The summed E-state index contributed by atoms with van der Waals surface area (Å²) in [6.45, 7) is 3.65. The van der Waals surface area contributed by atoms with Crippen LogP contribution in [0.3, 0.4) is 0 Å². The zero-order valence-electron chi connectivity index (χ0n) is 34.0. The lowest BCUT2D eigenvalue weighted by molar-refractivity contribution is 0.432. The molecule has 0 bridgehead atoms. The molecule has 8 aromatic rings. The number of nitrogens with two attached hydrogens (primary N) is 1. The number of aromatic nitrogens is 2. The van der Waals surface area contributed by atoms with Crippen molar-refractivity contribution >= 4 is 99.3 Å². The van der Waals surface area contributed by atoms with Crippen LogP contribution in [-0.4, -0.2) is 52.1 Å². The number of phenolic OH excluding ortho intramolecular Hbond substituents is 1. The van der Waals surface area contributed by atoms with Crippen molar-refractivity contribution in [3.05, 3.63) is 137 Å². The van der Waals surface area contributed by atoms with Crippen molar-refractivity contribution in [3.63, 3.8) is 0 Å². The van der Waals surface area contributed by atoms with E-state index in [2.05, 4.69) is 36.7 Å². The summed E-state index contributed by atoms with van der Waals surface area (Å²) in [5.74, 6) is 0.0179. The van der Waals surface area contributed by atoms with Crippen molar-refractivity contribution in [1.82, 2.24) is 10.1 Å². The largest absolute Gasteiger partial charge is 0.505 e. The SMILES string of the molecule is Cc1cc(N(C)S(=O)Oc2ccc(N=Nc3c(C)cc4cc(S(=O)(=O)O)c(N=Nc5ccccc5-c5nc(-c6ccc(Cl)cc6)no5)c(O)c4c3N)cc2)c2ccccc2c1.O=S(=O)=O. The minimum absolute atomic E-state index is 0.00423. The van der Waals surface area contributed by atoms with Crippen LogP contribution in [0.1, 0.15) is 11.1 Å². The number of fused-ring (bicyclic) bond motifs is 2. The number of halogens is 1. The van der Waals surface area contributed by atoms with Gasteiger partial charge in [0, 0.05) is 23.0 Å². The smallest absolute Gasteiger partial charge is 0.425 e. The summed E-state index contributed by atoms with van der Waals surface area (Å²) in [4.78, 5) is 3.75. The Bertz CT molecular complexity index is 3440. The number of hydrogen-bond acceptors (Lipinski definition) is 16. The van der Waals surface area contributed by atoms with E-state index in [0.717, 1.165) is 28.1 Å². The summed E-state index contributed by atoms with van der Waals surface area (Å²) >= 11 is 4.14. The molecule has 0 amide bonds. The van der Waals surface area contributed by atoms with E-state index < -0.39 is 48.3 Å². The van der Waals surface area contributed by atoms with Crippen LogP contribution in [0.5, 0.6) is 11.5 Å². The summed E-state index contributed by atoms with van der Waals surface area (Å²) in [5.41, 5.74) is 9.97. The number of anilines is 2. The maximum atomic E-state index is 13.3. The monoisotopic (exact) mass is 952 g/mol. The molecule has 1 unspecified atom stereocenters. The molecule has 0 aliphatic carbocycles. The Labute approximate surface area is 379 Å². The predicted molar refractivity (Wildman–Crippen MR) is 245 cm³/mol. The number of phenols is 1. The van der Waals surface area contributed by atoms with E-state index in [1.807, 2.05) is 37.3 Å². The average Bonchev–Trinajstić information content (AvgIpc) is 3.76. The number of aryl methyl sites for hydroxylation is 2. The van der Waals surface area contributed by atoms with Crippen molar-refractivity contribution < 1.29 is 43.6 Å². The van der Waals surface area contributed by atoms with E-state index in [1.54, 1.807) is 97.1 Å². The van der Waals surface area contributed by atoms with Crippen LogP contribution < -0.4 is 14.2 Å². The highest BCUT2D eigenvalue weighted by Gasteiger charge is 2.25. The lowest BCUT2D eigenvalue weighted by Crippen LogP contribution is -2.24. The molecule has 8 rings (SSSR count). The zero-order valence-corrected chi connectivity index (χ0v) is 37.2. The summed E-state index contributed by atoms with van der Waals surface area (Å²) in [5, 5.41) is 35.3. The highest BCUT2D eigenvalue weighted by molar-refractivity contribution is 7.86. The van der Waals surface area contributed by atoms with Crippen LogP contribution >= 0.6 is 11.6 Å². The summed E-state index contributed by atoms with van der Waals surface area (Å²) in [7, 11) is -6.36. The van der Waals surface area contributed by atoms with Crippen LogP contribution in [0.25, 0.3) is 44.4 Å². The van der Waals surface area contributed by atoms with Crippen LogP contribution in [0.2, 0.25) is 5.02 Å². The lowest BCUT2D eigenvalue weighted by Gasteiger charge is -2.20. The fourth-order valence-electron chi connectivity index (χ4n) is 6.60. The zero-order chi connectivity index (χ0) is 46.6. The van der Waals surface area contributed by atoms with E-state index in [0.29, 0.717) is 33.1 Å². The molecule has 65 heavy (non-hydrogen) atoms. The number of aromatic hydroxyl groups is 1. The topological polar surface area (TPSA) is 270 Å². The molecule has 7 aromatic carbocycles. The van der Waals surface area contributed by atoms with Gasteiger partial charge in [-0.15, -0.1) is 28.0 Å². The van der Waals surface area contributed by atoms with Gasteiger partial charge in [0.1, 0.15) is 22.0 Å². The van der Waals surface area contributed by atoms with Gasteiger partial charge in [0.05, 0.1) is 33.7 Å². The molecule has 0 fully saturated rings. The third kappa shape index (κ3) is 10.4. The molecule has 330 valence electrons. The molecule has 0 saturated carbocycles. The molecule has 1 aromatic heterocycles. The number of nitrogen functional groups attached to an aromatic ring is 1. The molecule has 0 aliphatic heterocycles. The van der Waals surface area contributed by atoms with E-state index >= 15 is 0 Å². The van der Waals surface area contributed by atoms with Gasteiger partial charge in [-0.05, 0) is 115 Å². The average molecular weight is 953 g/mol. The highest BCUT2D eigenvalue weighted by Crippen LogP contribution is 2.47. The fourth-order valence-corrected chi connectivity index (χ4v) is 8.08. The standard InChI is InChI=1S/C43H33ClN8O7S2.O3S/c1-24-20-27-8-4-5-9-32(27)35(21-24)52(3)60(54)59-31-18-16-30(17-19-31)47-49-39-25(2)22-28-23-36(61(55,56)57)40(41(53)37(28)38(39)45)50-48-34-11-7-6-10-33(34)43-46-42(51-58-43)26-12-14-29(44)15-13-26;1-4(2)3/h4-23,53H,45H2,1-3H3,(H,55,56,57);. The molecular formula is C43H33ClN8O10S3. The Hall–Kier alpha value is -7.43. The second-order valence-electron chi connectivity index (χ2n) is 13.9. The number of azo groups is 2. The first-order valence-electron chi connectivity index (χ1n) is 18.8. The van der Waals surface area contributed by atoms with Gasteiger partial charge in [-0.25, -0.2) is 0 Å². The first-order chi connectivity index (χ1) is 31.0. The minimum atomic E-state index is -4.95. The number of benzene rings is 7. The van der Waals surface area contributed by atoms with Gasteiger partial charge in [0.2, 0.25) is 5.82 Å². The van der Waals surface area contributed by atoms with Gasteiger partial charge in [-0.2, -0.15) is 22.7 Å². The third-order valence-electron chi connectivity index (χ3n) is 9.56. The Morgan fingerprint density at radius 2 is 1.46 bits per heavy atom. The third-order valence-corrected chi connectivity index (χ3v) is 11.7. The predicted octanol–water partition coefficient (Wildman–Crippen LogP) is 10.4. The molecule has 1 atom stereocenters. The quantitative estimate of drug-likeness (QED) is 0.0619. The highest BCUT2D eigenvalue weighted by atomic mass is 35.5. The molecular weight excluding hydrogens is 920 g/mol. The normalized spacial score (nSPS) is 12.1. The summed E-state index contributed by atoms with van der Waals surface area (Å²) in [6.07, 6.45) is 0. The molecule has 22 heteroatoms. The number of rotatable bonds is 11. The Balaban J connectivity index is 0.00000151. The van der Waals surface area contributed by atoms with E-state index in [1.165, 1.54) is 0 Å². The van der Waals surface area contributed by atoms with E-state index in [4.69, 9.17) is 38.7 Å². The van der Waals surface area contributed by atoms with Gasteiger partial charge in [-0.1, -0.05) is 59.2 Å². The first-order valence-corrected chi connectivity index (χ1v) is 22.6. The van der Waals surface area contributed by atoms with Crippen molar-refractivity contribution in [2.75, 3.05) is 17.1 Å². The van der Waals surface area contributed by atoms with Crippen LogP contribution in [0, 0.1) is 13.8 Å². The summed E-state index contributed by atoms with van der Waals surface area (Å²) < 4.78 is 87.0. The van der Waals surface area contributed by atoms with Crippen LogP contribution in [0.15, 0.2) is 151 Å². The second kappa shape index (κ2) is 19.1. The van der Waals surface area contributed by atoms with Gasteiger partial charge in [0.25, 0.3) is 16.0 Å². The Morgan fingerprint density at radius 3 is 2.17 bits per heavy atom. The molecule has 18 nitrogen and oxygen atoms in total. The van der Waals surface area contributed by atoms with Gasteiger partial charge in [0.15, 0.2) is 5.75 Å². The maximum Gasteiger partial charge on any atom is 0.425 e. The van der Waals surface area contributed by atoms with Gasteiger partial charge < -0.3 is 19.5 Å². The molecule has 0 saturated heterocycles. The van der Waals surface area contributed by atoms with Gasteiger partial charge in [-0.3, -0.25) is 8.86 Å². The first kappa shape index (κ1) is 45.6. The molecule has 1 heterocycles. The van der Waals surface area contributed by atoms with Crippen molar-refractivity contribution in [2.45, 2.75) is 18.7 Å². The van der Waals surface area contributed by atoms with Crippen LogP contribution in [-0.2, 0) is 32.0 Å². The second-order valence-corrected chi connectivity index (χ2v) is 17.3. The minimum Gasteiger partial charge on any atom is -0.505 e. The lowest BCUT2D eigenvalue weighted by atomic mass is 10.0. The summed E-state index contributed by atoms with van der Waals surface area (Å²) in [6, 6.07) is 34.3. The van der Waals surface area contributed by atoms with Crippen molar-refractivity contribution in [2.24, 2.45) is 20.5 Å².